The van der Waals surface area contributed by atoms with Crippen molar-refractivity contribution >= 4 is 5.91 Å². The molecule has 0 saturated carbocycles. The number of hydrogen-bond acceptors (Lipinski definition) is 2. The molecule has 3 nitrogen and oxygen atoms in total. The van der Waals surface area contributed by atoms with Gasteiger partial charge in [0.05, 0.1) is 0 Å². The lowest BCUT2D eigenvalue weighted by Gasteiger charge is -2.18. The van der Waals surface area contributed by atoms with Gasteiger partial charge in [0.1, 0.15) is 0 Å². The Balaban J connectivity index is 3.98. The quantitative estimate of drug-likeness (QED) is 0.549. The molecule has 0 heterocycles. The molecule has 0 aromatic rings. The third-order valence-corrected chi connectivity index (χ3v) is 1.71. The molecule has 96 valence electrons. The fourth-order valence-corrected chi connectivity index (χ4v) is 0.832. The first kappa shape index (κ1) is 15.1. The fourth-order valence-electron chi connectivity index (χ4n) is 0.832. The van der Waals surface area contributed by atoms with Crippen LogP contribution in [0.4, 0.5) is 22.0 Å². The van der Waals surface area contributed by atoms with Crippen LogP contribution in [0.2, 0.25) is 0 Å². The summed E-state index contributed by atoms with van der Waals surface area (Å²) in [4.78, 5) is 10.5. The van der Waals surface area contributed by atoms with Crippen molar-refractivity contribution in [1.82, 2.24) is 10.6 Å². The first-order valence-electron chi connectivity index (χ1n) is 4.67. The molecule has 0 atom stereocenters. The van der Waals surface area contributed by atoms with Gasteiger partial charge in [0, 0.05) is 6.54 Å². The zero-order valence-corrected chi connectivity index (χ0v) is 8.63. The molecule has 0 aromatic heterocycles. The highest BCUT2D eigenvalue weighted by atomic mass is 19.4. The van der Waals surface area contributed by atoms with Crippen LogP contribution in [0.1, 0.15) is 13.3 Å². The monoisotopic (exact) mass is 248 g/mol. The second-order valence-electron chi connectivity index (χ2n) is 3.04. The Morgan fingerprint density at radius 2 is 1.69 bits per heavy atom. The summed E-state index contributed by atoms with van der Waals surface area (Å²) in [6, 6.07) is 0. The van der Waals surface area contributed by atoms with Crippen LogP contribution in [0.3, 0.4) is 0 Å². The van der Waals surface area contributed by atoms with Crippen LogP contribution >= 0.6 is 0 Å². The first-order chi connectivity index (χ1) is 7.23. The molecule has 0 aliphatic carbocycles. The summed E-state index contributed by atoms with van der Waals surface area (Å²) in [5.41, 5.74) is 0. The summed E-state index contributed by atoms with van der Waals surface area (Å²) < 4.78 is 59.8. The highest BCUT2D eigenvalue weighted by Crippen LogP contribution is 2.35. The van der Waals surface area contributed by atoms with Crippen LogP contribution in [-0.2, 0) is 4.79 Å². The van der Waals surface area contributed by atoms with E-state index < -0.39 is 18.0 Å². The fraction of sp³-hybridized carbons (Fsp3) is 0.875. The molecule has 2 N–H and O–H groups in total. The highest BCUT2D eigenvalue weighted by Gasteiger charge is 2.63. The molecule has 0 rings (SSSR count). The summed E-state index contributed by atoms with van der Waals surface area (Å²) >= 11 is 0. The number of carbonyl (C=O) groups excluding carboxylic acids is 1. The SMILES string of the molecule is CCNCCCNC(=O)C(F)(F)C(F)(F)F. The number of rotatable bonds is 6. The van der Waals surface area contributed by atoms with Gasteiger partial charge in [-0.25, -0.2) is 0 Å². The molecule has 1 amide bonds. The summed E-state index contributed by atoms with van der Waals surface area (Å²) in [7, 11) is 0. The highest BCUT2D eigenvalue weighted by molar-refractivity contribution is 5.84. The Bertz CT molecular complexity index is 229. The molecule has 0 aliphatic heterocycles. The molecule has 0 bridgehead atoms. The number of hydrogen-bond donors (Lipinski definition) is 2. The standard InChI is InChI=1S/C8H13F5N2O/c1-2-14-4-3-5-15-6(16)7(9,10)8(11,12)13/h14H,2-5H2,1H3,(H,15,16). The third-order valence-electron chi connectivity index (χ3n) is 1.71. The molecule has 0 aliphatic rings. The van der Waals surface area contributed by atoms with Crippen molar-refractivity contribution in [3.8, 4) is 0 Å². The van der Waals surface area contributed by atoms with E-state index >= 15 is 0 Å². The van der Waals surface area contributed by atoms with Gasteiger partial charge in [-0.2, -0.15) is 22.0 Å². The molecular formula is C8H13F5N2O. The molecule has 0 unspecified atom stereocenters. The molecule has 0 aromatic carbocycles. The maximum Gasteiger partial charge on any atom is 0.463 e. The number of halogens is 5. The van der Waals surface area contributed by atoms with Crippen LogP contribution in [0.15, 0.2) is 0 Å². The molecule has 8 heteroatoms. The maximum absolute atomic E-state index is 12.3. The van der Waals surface area contributed by atoms with E-state index in [4.69, 9.17) is 0 Å². The normalized spacial score (nSPS) is 12.6. The lowest BCUT2D eigenvalue weighted by Crippen LogP contribution is -2.50. The molecular weight excluding hydrogens is 235 g/mol. The van der Waals surface area contributed by atoms with E-state index in [1.54, 1.807) is 0 Å². The number of nitrogens with one attached hydrogen (secondary N) is 2. The topological polar surface area (TPSA) is 41.1 Å². The van der Waals surface area contributed by atoms with Gasteiger partial charge in [0.25, 0.3) is 5.91 Å². The van der Waals surface area contributed by atoms with E-state index in [9.17, 15) is 26.7 Å². The van der Waals surface area contributed by atoms with Crippen LogP contribution in [0.25, 0.3) is 0 Å². The smallest absolute Gasteiger partial charge is 0.351 e. The number of carbonyl (C=O) groups is 1. The Labute approximate surface area is 89.4 Å². The van der Waals surface area contributed by atoms with Gasteiger partial charge in [-0.05, 0) is 19.5 Å². The predicted molar refractivity (Wildman–Crippen MR) is 47.2 cm³/mol. The van der Waals surface area contributed by atoms with Gasteiger partial charge in [-0.3, -0.25) is 4.79 Å². The molecule has 0 fully saturated rings. The van der Waals surface area contributed by atoms with Crippen molar-refractivity contribution < 1.29 is 26.7 Å². The number of amides is 1. The van der Waals surface area contributed by atoms with Crippen molar-refractivity contribution in [3.63, 3.8) is 0 Å². The predicted octanol–water partition coefficient (Wildman–Crippen LogP) is 1.30. The average Bonchev–Trinajstić information content (AvgIpc) is 2.15. The van der Waals surface area contributed by atoms with Crippen molar-refractivity contribution in [2.45, 2.75) is 25.4 Å². The molecule has 0 saturated heterocycles. The minimum Gasteiger partial charge on any atom is -0.351 e. The van der Waals surface area contributed by atoms with Crippen molar-refractivity contribution in [2.75, 3.05) is 19.6 Å². The molecule has 0 radical (unpaired) electrons. The van der Waals surface area contributed by atoms with Crippen LogP contribution < -0.4 is 10.6 Å². The van der Waals surface area contributed by atoms with Crippen molar-refractivity contribution in [2.24, 2.45) is 0 Å². The molecule has 16 heavy (non-hydrogen) atoms. The Hall–Kier alpha value is -0.920. The van der Waals surface area contributed by atoms with E-state index in [0.717, 1.165) is 0 Å². The maximum atomic E-state index is 12.3. The Kier molecular flexibility index (Phi) is 5.63. The summed E-state index contributed by atoms with van der Waals surface area (Å²) in [6.07, 6.45) is -5.56. The van der Waals surface area contributed by atoms with Crippen molar-refractivity contribution in [3.05, 3.63) is 0 Å². The van der Waals surface area contributed by atoms with E-state index in [-0.39, 0.29) is 13.0 Å². The van der Waals surface area contributed by atoms with Crippen LogP contribution in [0, 0.1) is 0 Å². The van der Waals surface area contributed by atoms with E-state index in [1.165, 1.54) is 5.32 Å². The van der Waals surface area contributed by atoms with Crippen molar-refractivity contribution in [1.29, 1.82) is 0 Å². The third kappa shape index (κ3) is 4.30. The lowest BCUT2D eigenvalue weighted by atomic mass is 10.3. The lowest BCUT2D eigenvalue weighted by molar-refractivity contribution is -0.269. The van der Waals surface area contributed by atoms with Gasteiger partial charge < -0.3 is 10.6 Å². The summed E-state index contributed by atoms with van der Waals surface area (Å²) in [5.74, 6) is -7.64. The van der Waals surface area contributed by atoms with Gasteiger partial charge in [-0.1, -0.05) is 6.92 Å². The number of alkyl halides is 5. The van der Waals surface area contributed by atoms with E-state index in [2.05, 4.69) is 5.32 Å². The van der Waals surface area contributed by atoms with Crippen LogP contribution in [-0.4, -0.2) is 37.6 Å². The minimum absolute atomic E-state index is 0.225. The Morgan fingerprint density at radius 1 is 1.12 bits per heavy atom. The average molecular weight is 248 g/mol. The summed E-state index contributed by atoms with van der Waals surface area (Å²) in [6.45, 7) is 2.69. The van der Waals surface area contributed by atoms with Gasteiger partial charge in [0.15, 0.2) is 0 Å². The second-order valence-corrected chi connectivity index (χ2v) is 3.04. The largest absolute Gasteiger partial charge is 0.463 e. The second kappa shape index (κ2) is 5.97. The zero-order valence-electron chi connectivity index (χ0n) is 8.63. The minimum atomic E-state index is -5.85. The zero-order chi connectivity index (χ0) is 12.8. The van der Waals surface area contributed by atoms with Gasteiger partial charge >= 0.3 is 12.1 Å². The van der Waals surface area contributed by atoms with Gasteiger partial charge in [-0.15, -0.1) is 0 Å². The van der Waals surface area contributed by atoms with Gasteiger partial charge in [0.2, 0.25) is 0 Å². The first-order valence-corrected chi connectivity index (χ1v) is 4.67. The van der Waals surface area contributed by atoms with Crippen LogP contribution in [0.5, 0.6) is 0 Å². The molecule has 0 spiro atoms. The van der Waals surface area contributed by atoms with E-state index in [0.29, 0.717) is 13.1 Å². The Morgan fingerprint density at radius 3 is 2.12 bits per heavy atom. The summed E-state index contributed by atoms with van der Waals surface area (Å²) in [5, 5.41) is 4.37. The van der Waals surface area contributed by atoms with E-state index in [1.807, 2.05) is 6.92 Å².